The number of esters is 2. The molecule has 0 atom stereocenters. The number of unbranched alkanes of at least 4 members (excludes halogenated alkanes) is 3. The summed E-state index contributed by atoms with van der Waals surface area (Å²) in [5.74, 6) is -0.0488. The summed E-state index contributed by atoms with van der Waals surface area (Å²) in [7, 11) is 1.34. The molecule has 0 saturated carbocycles. The van der Waals surface area contributed by atoms with Crippen molar-refractivity contribution in [3.8, 4) is 5.75 Å². The van der Waals surface area contributed by atoms with Gasteiger partial charge in [-0.1, -0.05) is 43.0 Å². The Hall–Kier alpha value is -3.93. The number of benzene rings is 3. The molecule has 0 unspecified atom stereocenters. The summed E-state index contributed by atoms with van der Waals surface area (Å²) >= 11 is 0. The Morgan fingerprint density at radius 2 is 1.51 bits per heavy atom. The van der Waals surface area contributed by atoms with E-state index in [1.807, 2.05) is 36.4 Å². The summed E-state index contributed by atoms with van der Waals surface area (Å²) in [6, 6.07) is 18.3. The fourth-order valence-electron chi connectivity index (χ4n) is 3.77. The molecule has 6 nitrogen and oxygen atoms in total. The maximum Gasteiger partial charge on any atom is 0.337 e. The van der Waals surface area contributed by atoms with Gasteiger partial charge in [0.25, 0.3) is 0 Å². The van der Waals surface area contributed by atoms with E-state index in [9.17, 15) is 14.4 Å². The van der Waals surface area contributed by atoms with Gasteiger partial charge < -0.3 is 14.2 Å². The molecule has 182 valence electrons. The second-order valence-electron chi connectivity index (χ2n) is 8.08. The van der Waals surface area contributed by atoms with Gasteiger partial charge in [0.2, 0.25) is 0 Å². The van der Waals surface area contributed by atoms with E-state index >= 15 is 0 Å². The smallest absolute Gasteiger partial charge is 0.337 e. The minimum absolute atomic E-state index is 0.00396. The van der Waals surface area contributed by atoms with Crippen molar-refractivity contribution >= 4 is 28.5 Å². The number of ether oxygens (including phenoxy) is 3. The highest BCUT2D eigenvalue weighted by molar-refractivity contribution is 6.10. The van der Waals surface area contributed by atoms with Crippen LogP contribution >= 0.6 is 0 Å². The molecule has 0 aliphatic rings. The molecule has 0 radical (unpaired) electrons. The van der Waals surface area contributed by atoms with Crippen LogP contribution in [0, 0.1) is 0 Å². The molecule has 0 aromatic heterocycles. The van der Waals surface area contributed by atoms with Gasteiger partial charge >= 0.3 is 11.9 Å². The fraction of sp³-hybridized carbons (Fsp3) is 0.276. The van der Waals surface area contributed by atoms with Crippen LogP contribution in [-0.2, 0) is 20.7 Å². The first-order valence-electron chi connectivity index (χ1n) is 11.7. The molecular weight excluding hydrogens is 444 g/mol. The Balaban J connectivity index is 1.58. The molecule has 0 fully saturated rings. The van der Waals surface area contributed by atoms with Crippen molar-refractivity contribution in [3.63, 3.8) is 0 Å². The standard InChI is InChI=1S/C29H30O6/c1-3-28(31)35-19-9-5-4-8-18-34-27-17-16-24(23-10-6-7-11-25(23)27)26(30)20-21-12-14-22(15-13-21)29(32)33-2/h3,6-7,10-17H,1,4-5,8-9,18-20H2,2H3. The Morgan fingerprint density at radius 3 is 2.20 bits per heavy atom. The molecule has 0 heterocycles. The first kappa shape index (κ1) is 25.7. The van der Waals surface area contributed by atoms with Crippen LogP contribution in [0.4, 0.5) is 0 Å². The monoisotopic (exact) mass is 474 g/mol. The lowest BCUT2D eigenvalue weighted by molar-refractivity contribution is -0.137. The number of rotatable bonds is 13. The molecule has 3 aromatic carbocycles. The van der Waals surface area contributed by atoms with Gasteiger partial charge in [0.15, 0.2) is 5.78 Å². The zero-order valence-corrected chi connectivity index (χ0v) is 20.0. The first-order chi connectivity index (χ1) is 17.0. The van der Waals surface area contributed by atoms with Gasteiger partial charge in [0, 0.05) is 23.4 Å². The zero-order chi connectivity index (χ0) is 25.0. The van der Waals surface area contributed by atoms with Crippen molar-refractivity contribution in [2.24, 2.45) is 0 Å². The second-order valence-corrected chi connectivity index (χ2v) is 8.08. The third-order valence-electron chi connectivity index (χ3n) is 5.63. The van der Waals surface area contributed by atoms with E-state index in [1.165, 1.54) is 13.2 Å². The minimum Gasteiger partial charge on any atom is -0.493 e. The van der Waals surface area contributed by atoms with Gasteiger partial charge in [-0.15, -0.1) is 0 Å². The van der Waals surface area contributed by atoms with Crippen molar-refractivity contribution < 1.29 is 28.6 Å². The number of Topliss-reactive ketones (excluding diaryl/α,β-unsaturated/α-hetero) is 1. The molecule has 0 spiro atoms. The highest BCUT2D eigenvalue weighted by Crippen LogP contribution is 2.29. The molecule has 0 amide bonds. The zero-order valence-electron chi connectivity index (χ0n) is 20.0. The average molecular weight is 475 g/mol. The van der Waals surface area contributed by atoms with Crippen LogP contribution in [0.3, 0.4) is 0 Å². The molecule has 3 aromatic rings. The Labute approximate surface area is 205 Å². The van der Waals surface area contributed by atoms with E-state index in [2.05, 4.69) is 6.58 Å². The Kier molecular flexibility index (Phi) is 9.60. The summed E-state index contributed by atoms with van der Waals surface area (Å²) in [6.45, 7) is 4.34. The van der Waals surface area contributed by atoms with Crippen molar-refractivity contribution in [1.29, 1.82) is 0 Å². The molecule has 0 aliphatic heterocycles. The quantitative estimate of drug-likeness (QED) is 0.136. The van der Waals surface area contributed by atoms with Crippen molar-refractivity contribution in [3.05, 3.63) is 90.0 Å². The van der Waals surface area contributed by atoms with Crippen LogP contribution < -0.4 is 4.74 Å². The summed E-state index contributed by atoms with van der Waals surface area (Å²) in [4.78, 5) is 35.7. The second kappa shape index (κ2) is 13.1. The number of hydrogen-bond acceptors (Lipinski definition) is 6. The van der Waals surface area contributed by atoms with Gasteiger partial charge in [-0.05, 0) is 60.9 Å². The van der Waals surface area contributed by atoms with Crippen molar-refractivity contribution in [2.75, 3.05) is 20.3 Å². The first-order valence-corrected chi connectivity index (χ1v) is 11.7. The van der Waals surface area contributed by atoms with Crippen molar-refractivity contribution in [2.45, 2.75) is 32.1 Å². The number of carbonyl (C=O) groups is 3. The number of hydrogen-bond donors (Lipinski definition) is 0. The Morgan fingerprint density at radius 1 is 0.829 bits per heavy atom. The minimum atomic E-state index is -0.404. The van der Waals surface area contributed by atoms with Crippen LogP contribution in [0.25, 0.3) is 10.8 Å². The van der Waals surface area contributed by atoms with Crippen LogP contribution in [0.15, 0.2) is 73.3 Å². The van der Waals surface area contributed by atoms with Crippen LogP contribution in [0.5, 0.6) is 5.75 Å². The molecule has 0 N–H and O–H groups in total. The molecule has 0 aliphatic carbocycles. The lowest BCUT2D eigenvalue weighted by Crippen LogP contribution is -2.06. The van der Waals surface area contributed by atoms with Gasteiger partial charge in [0.05, 0.1) is 25.9 Å². The summed E-state index contributed by atoms with van der Waals surface area (Å²) in [5, 5.41) is 1.75. The van der Waals surface area contributed by atoms with Gasteiger partial charge in [0.1, 0.15) is 5.75 Å². The maximum atomic E-state index is 13.1. The normalized spacial score (nSPS) is 10.5. The van der Waals surface area contributed by atoms with E-state index in [4.69, 9.17) is 14.2 Å². The number of carbonyl (C=O) groups excluding carboxylic acids is 3. The van der Waals surface area contributed by atoms with Gasteiger partial charge in [-0.3, -0.25) is 4.79 Å². The van der Waals surface area contributed by atoms with E-state index in [1.54, 1.807) is 24.3 Å². The molecule has 3 rings (SSSR count). The number of ketones is 1. The average Bonchev–Trinajstić information content (AvgIpc) is 2.89. The summed E-state index contributed by atoms with van der Waals surface area (Å²) in [6.07, 6.45) is 5.00. The van der Waals surface area contributed by atoms with E-state index in [-0.39, 0.29) is 12.2 Å². The number of methoxy groups -OCH3 is 1. The molecule has 0 bridgehead atoms. The lowest BCUT2D eigenvalue weighted by Gasteiger charge is -2.12. The predicted octanol–water partition coefficient (Wildman–Crippen LogP) is 5.72. The van der Waals surface area contributed by atoms with Crippen LogP contribution in [-0.4, -0.2) is 38.0 Å². The van der Waals surface area contributed by atoms with E-state index in [0.717, 1.165) is 47.8 Å². The SMILES string of the molecule is C=CC(=O)OCCCCCCOc1ccc(C(=O)Cc2ccc(C(=O)OC)cc2)c2ccccc12. The largest absolute Gasteiger partial charge is 0.493 e. The van der Waals surface area contributed by atoms with E-state index < -0.39 is 11.9 Å². The maximum absolute atomic E-state index is 13.1. The predicted molar refractivity (Wildman–Crippen MR) is 135 cm³/mol. The number of fused-ring (bicyclic) bond motifs is 1. The topological polar surface area (TPSA) is 78.9 Å². The van der Waals surface area contributed by atoms with Crippen LogP contribution in [0.1, 0.15) is 52.0 Å². The highest BCUT2D eigenvalue weighted by Gasteiger charge is 2.14. The molecule has 35 heavy (non-hydrogen) atoms. The third-order valence-corrected chi connectivity index (χ3v) is 5.63. The van der Waals surface area contributed by atoms with Gasteiger partial charge in [-0.25, -0.2) is 9.59 Å². The van der Waals surface area contributed by atoms with E-state index in [0.29, 0.717) is 24.3 Å². The third kappa shape index (κ3) is 7.27. The lowest BCUT2D eigenvalue weighted by atomic mass is 9.96. The molecule has 0 saturated heterocycles. The summed E-state index contributed by atoms with van der Waals surface area (Å²) < 4.78 is 15.7. The Bertz CT molecular complexity index is 1180. The molecule has 6 heteroatoms. The highest BCUT2D eigenvalue weighted by atomic mass is 16.5. The van der Waals surface area contributed by atoms with Crippen molar-refractivity contribution in [1.82, 2.24) is 0 Å². The summed E-state index contributed by atoms with van der Waals surface area (Å²) in [5.41, 5.74) is 1.91. The fourth-order valence-corrected chi connectivity index (χ4v) is 3.77. The molecular formula is C29H30O6. The van der Waals surface area contributed by atoms with Gasteiger partial charge in [-0.2, -0.15) is 0 Å². The van der Waals surface area contributed by atoms with Crippen LogP contribution in [0.2, 0.25) is 0 Å².